The van der Waals surface area contributed by atoms with Gasteiger partial charge in [0, 0.05) is 11.8 Å². The number of Topliss-reactive ketones (excluding diaryl/α,β-unsaturated/α-hetero) is 1. The SMILES string of the molecule is COc1ccc(COC[C@H](C)C(=O)[C@@H](C)[C@H](O)C=C(Br)Br)cc1. The average molecular weight is 450 g/mol. The summed E-state index contributed by atoms with van der Waals surface area (Å²) in [6, 6.07) is 7.60. The Morgan fingerprint density at radius 2 is 1.87 bits per heavy atom. The van der Waals surface area contributed by atoms with Crippen LogP contribution in [0.15, 0.2) is 33.7 Å². The van der Waals surface area contributed by atoms with E-state index in [0.29, 0.717) is 16.6 Å². The van der Waals surface area contributed by atoms with E-state index in [0.717, 1.165) is 11.3 Å². The summed E-state index contributed by atoms with van der Waals surface area (Å²) in [4.78, 5) is 12.3. The maximum Gasteiger partial charge on any atom is 0.143 e. The molecule has 4 nitrogen and oxygen atoms in total. The smallest absolute Gasteiger partial charge is 0.143 e. The molecule has 0 aliphatic carbocycles. The number of ketones is 1. The second kappa shape index (κ2) is 10.2. The van der Waals surface area contributed by atoms with Gasteiger partial charge in [0.05, 0.1) is 29.8 Å². The number of benzene rings is 1. The van der Waals surface area contributed by atoms with E-state index in [1.165, 1.54) is 0 Å². The van der Waals surface area contributed by atoms with Gasteiger partial charge in [0.1, 0.15) is 11.5 Å². The number of aliphatic hydroxyl groups is 1. The molecule has 1 N–H and O–H groups in total. The maximum absolute atomic E-state index is 12.3. The number of ether oxygens (including phenoxy) is 2. The van der Waals surface area contributed by atoms with Crippen molar-refractivity contribution in [2.75, 3.05) is 13.7 Å². The summed E-state index contributed by atoms with van der Waals surface area (Å²) in [7, 11) is 1.62. The topological polar surface area (TPSA) is 55.8 Å². The van der Waals surface area contributed by atoms with Crippen LogP contribution in [0.3, 0.4) is 0 Å². The number of carbonyl (C=O) groups excluding carboxylic acids is 1. The van der Waals surface area contributed by atoms with Crippen LogP contribution in [0.25, 0.3) is 0 Å². The lowest BCUT2D eigenvalue weighted by atomic mass is 9.91. The third-order valence-corrected chi connectivity index (χ3v) is 4.07. The molecular formula is C17H22Br2O4. The molecule has 0 aliphatic heterocycles. The van der Waals surface area contributed by atoms with Crippen molar-refractivity contribution in [3.63, 3.8) is 0 Å². The van der Waals surface area contributed by atoms with E-state index < -0.39 is 12.0 Å². The Hall–Kier alpha value is -0.690. The summed E-state index contributed by atoms with van der Waals surface area (Å²) in [6.45, 7) is 4.28. The van der Waals surface area contributed by atoms with Gasteiger partial charge in [-0.25, -0.2) is 0 Å². The molecule has 0 aliphatic rings. The fourth-order valence-electron chi connectivity index (χ4n) is 2.05. The Kier molecular flexibility index (Phi) is 9.06. The van der Waals surface area contributed by atoms with Crippen molar-refractivity contribution in [3.8, 4) is 5.75 Å². The first kappa shape index (κ1) is 20.4. The molecule has 0 amide bonds. The highest BCUT2D eigenvalue weighted by Crippen LogP contribution is 2.19. The van der Waals surface area contributed by atoms with Gasteiger partial charge in [-0.1, -0.05) is 26.0 Å². The van der Waals surface area contributed by atoms with Crippen molar-refractivity contribution in [2.24, 2.45) is 11.8 Å². The second-order valence-electron chi connectivity index (χ2n) is 5.40. The number of hydrogen-bond acceptors (Lipinski definition) is 4. The van der Waals surface area contributed by atoms with Gasteiger partial charge in [-0.05, 0) is 55.6 Å². The molecule has 0 spiro atoms. The molecule has 3 atom stereocenters. The molecule has 1 aromatic rings. The summed E-state index contributed by atoms with van der Waals surface area (Å²) in [6.07, 6.45) is 0.716. The van der Waals surface area contributed by atoms with Crippen LogP contribution in [0, 0.1) is 11.8 Å². The Balaban J connectivity index is 2.44. The number of carbonyl (C=O) groups is 1. The molecule has 0 bridgehead atoms. The van der Waals surface area contributed by atoms with Crippen LogP contribution >= 0.6 is 31.9 Å². The lowest BCUT2D eigenvalue weighted by molar-refractivity contribution is -0.130. The molecule has 0 aromatic heterocycles. The van der Waals surface area contributed by atoms with Gasteiger partial charge < -0.3 is 14.6 Å². The summed E-state index contributed by atoms with van der Waals surface area (Å²) >= 11 is 6.36. The fraction of sp³-hybridized carbons (Fsp3) is 0.471. The third-order valence-electron chi connectivity index (χ3n) is 3.54. The maximum atomic E-state index is 12.3. The number of aliphatic hydroxyl groups excluding tert-OH is 1. The Morgan fingerprint density at radius 3 is 2.39 bits per heavy atom. The van der Waals surface area contributed by atoms with Crippen LogP contribution in [-0.4, -0.2) is 30.7 Å². The van der Waals surface area contributed by atoms with Crippen LogP contribution in [0.5, 0.6) is 5.75 Å². The molecule has 0 saturated heterocycles. The van der Waals surface area contributed by atoms with E-state index in [2.05, 4.69) is 31.9 Å². The number of rotatable bonds is 9. The molecule has 1 aromatic carbocycles. The van der Waals surface area contributed by atoms with Crippen LogP contribution in [0.4, 0.5) is 0 Å². The van der Waals surface area contributed by atoms with Crippen molar-refractivity contribution in [1.82, 2.24) is 0 Å². The summed E-state index contributed by atoms with van der Waals surface area (Å²) in [5, 5.41) is 9.95. The first-order chi connectivity index (χ1) is 10.8. The van der Waals surface area contributed by atoms with Gasteiger partial charge >= 0.3 is 0 Å². The van der Waals surface area contributed by atoms with Crippen LogP contribution in [-0.2, 0) is 16.1 Å². The minimum atomic E-state index is -0.833. The van der Waals surface area contributed by atoms with E-state index in [-0.39, 0.29) is 11.7 Å². The van der Waals surface area contributed by atoms with Gasteiger partial charge in [-0.3, -0.25) is 4.79 Å². The quantitative estimate of drug-likeness (QED) is 0.617. The molecule has 0 saturated carbocycles. The first-order valence-electron chi connectivity index (χ1n) is 7.30. The highest BCUT2D eigenvalue weighted by Gasteiger charge is 2.25. The standard InChI is InChI=1S/C17H22Br2O4/c1-11(17(21)12(2)15(20)8-16(18)19)9-23-10-13-4-6-14(22-3)7-5-13/h4-8,11-12,15,20H,9-10H2,1-3H3/t11-,12-,15+/m0/s1. The zero-order valence-corrected chi connectivity index (χ0v) is 16.6. The van der Waals surface area contributed by atoms with E-state index in [9.17, 15) is 9.90 Å². The van der Waals surface area contributed by atoms with Crippen LogP contribution in [0.2, 0.25) is 0 Å². The van der Waals surface area contributed by atoms with E-state index in [1.807, 2.05) is 31.2 Å². The molecule has 0 fully saturated rings. The van der Waals surface area contributed by atoms with E-state index in [1.54, 1.807) is 20.1 Å². The second-order valence-corrected chi connectivity index (χ2v) is 8.18. The van der Waals surface area contributed by atoms with Gasteiger partial charge in [0.25, 0.3) is 0 Å². The lowest BCUT2D eigenvalue weighted by Gasteiger charge is -2.19. The highest BCUT2D eigenvalue weighted by molar-refractivity contribution is 9.28. The Bertz CT molecular complexity index is 524. The van der Waals surface area contributed by atoms with E-state index in [4.69, 9.17) is 9.47 Å². The number of hydrogen-bond donors (Lipinski definition) is 1. The minimum Gasteiger partial charge on any atom is -0.497 e. The molecular weight excluding hydrogens is 428 g/mol. The van der Waals surface area contributed by atoms with Crippen molar-refractivity contribution >= 4 is 37.6 Å². The van der Waals surface area contributed by atoms with Crippen molar-refractivity contribution in [3.05, 3.63) is 39.3 Å². The molecule has 0 radical (unpaired) electrons. The summed E-state index contributed by atoms with van der Waals surface area (Å²) in [5.41, 5.74) is 1.02. The van der Waals surface area contributed by atoms with Crippen LogP contribution < -0.4 is 4.74 Å². The Labute approximate surface area is 154 Å². The average Bonchev–Trinajstić information content (AvgIpc) is 2.53. The normalized spacial score (nSPS) is 14.7. The molecule has 1 rings (SSSR count). The third kappa shape index (κ3) is 7.16. The van der Waals surface area contributed by atoms with Gasteiger partial charge in [0.2, 0.25) is 0 Å². The Morgan fingerprint density at radius 1 is 1.26 bits per heavy atom. The number of methoxy groups -OCH3 is 1. The van der Waals surface area contributed by atoms with Gasteiger partial charge in [-0.15, -0.1) is 0 Å². The van der Waals surface area contributed by atoms with Crippen molar-refractivity contribution in [2.45, 2.75) is 26.6 Å². The lowest BCUT2D eigenvalue weighted by Crippen LogP contribution is -2.30. The fourth-order valence-corrected chi connectivity index (χ4v) is 2.59. The molecule has 0 heterocycles. The predicted molar refractivity (Wildman–Crippen MR) is 97.9 cm³/mol. The van der Waals surface area contributed by atoms with Crippen LogP contribution in [0.1, 0.15) is 19.4 Å². The van der Waals surface area contributed by atoms with E-state index >= 15 is 0 Å². The summed E-state index contributed by atoms with van der Waals surface area (Å²) in [5.74, 6) is 0.0101. The minimum absolute atomic E-state index is 0.0234. The highest BCUT2D eigenvalue weighted by atomic mass is 79.9. The molecule has 0 unspecified atom stereocenters. The monoisotopic (exact) mass is 448 g/mol. The van der Waals surface area contributed by atoms with Gasteiger partial charge in [0.15, 0.2) is 0 Å². The number of halogens is 2. The van der Waals surface area contributed by atoms with Crippen molar-refractivity contribution < 1.29 is 19.4 Å². The zero-order valence-electron chi connectivity index (χ0n) is 13.5. The molecule has 6 heteroatoms. The molecule has 128 valence electrons. The molecule has 23 heavy (non-hydrogen) atoms. The summed E-state index contributed by atoms with van der Waals surface area (Å²) < 4.78 is 11.3. The zero-order chi connectivity index (χ0) is 17.4. The first-order valence-corrected chi connectivity index (χ1v) is 8.89. The predicted octanol–water partition coefficient (Wildman–Crippen LogP) is 4.05. The van der Waals surface area contributed by atoms with Gasteiger partial charge in [-0.2, -0.15) is 0 Å². The van der Waals surface area contributed by atoms with Crippen molar-refractivity contribution in [1.29, 1.82) is 0 Å². The largest absolute Gasteiger partial charge is 0.497 e.